The third kappa shape index (κ3) is 2.45. The summed E-state index contributed by atoms with van der Waals surface area (Å²) >= 11 is 4.28. The van der Waals surface area contributed by atoms with E-state index in [9.17, 15) is 21.6 Å². The van der Waals surface area contributed by atoms with Crippen LogP contribution in [0.3, 0.4) is 0 Å². The maximum absolute atomic E-state index is 12.7. The van der Waals surface area contributed by atoms with Gasteiger partial charge in [-0.2, -0.15) is 17.9 Å². The standard InChI is InChI=1S/C9H9BrF3NO2S2/c1-5-6(4-7(10)17-5)18(15,16)14-8(2-3-8)9(11,12)13/h4,14H,2-3H2,1H3. The van der Waals surface area contributed by atoms with Gasteiger partial charge in [0.25, 0.3) is 0 Å². The van der Waals surface area contributed by atoms with Crippen molar-refractivity contribution in [3.8, 4) is 0 Å². The highest BCUT2D eigenvalue weighted by atomic mass is 79.9. The smallest absolute Gasteiger partial charge is 0.207 e. The van der Waals surface area contributed by atoms with E-state index in [1.807, 2.05) is 0 Å². The summed E-state index contributed by atoms with van der Waals surface area (Å²) in [7, 11) is -4.14. The lowest BCUT2D eigenvalue weighted by molar-refractivity contribution is -0.160. The maximum Gasteiger partial charge on any atom is 0.407 e. The van der Waals surface area contributed by atoms with Gasteiger partial charge in [0.2, 0.25) is 10.0 Å². The molecular formula is C9H9BrF3NO2S2. The molecule has 1 aliphatic rings. The zero-order valence-corrected chi connectivity index (χ0v) is 12.4. The predicted molar refractivity (Wildman–Crippen MR) is 65.1 cm³/mol. The first-order valence-electron chi connectivity index (χ1n) is 4.94. The fraction of sp³-hybridized carbons (Fsp3) is 0.556. The van der Waals surface area contributed by atoms with Crippen LogP contribution in [-0.4, -0.2) is 20.1 Å². The van der Waals surface area contributed by atoms with Gasteiger partial charge in [0.05, 0.1) is 8.68 Å². The minimum atomic E-state index is -4.55. The van der Waals surface area contributed by atoms with Crippen molar-refractivity contribution in [3.05, 3.63) is 14.7 Å². The Kier molecular flexibility index (Phi) is 3.33. The molecule has 102 valence electrons. The molecule has 0 saturated heterocycles. The molecule has 1 heterocycles. The van der Waals surface area contributed by atoms with Crippen LogP contribution in [0.5, 0.6) is 0 Å². The Morgan fingerprint density at radius 1 is 1.44 bits per heavy atom. The monoisotopic (exact) mass is 363 g/mol. The van der Waals surface area contributed by atoms with Gasteiger partial charge in [0.1, 0.15) is 5.54 Å². The van der Waals surface area contributed by atoms with Crippen LogP contribution in [0.25, 0.3) is 0 Å². The number of hydrogen-bond donors (Lipinski definition) is 1. The van der Waals surface area contributed by atoms with E-state index >= 15 is 0 Å². The molecule has 1 aromatic heterocycles. The van der Waals surface area contributed by atoms with E-state index < -0.39 is 21.7 Å². The van der Waals surface area contributed by atoms with Crippen LogP contribution in [0.1, 0.15) is 17.7 Å². The lowest BCUT2D eigenvalue weighted by Gasteiger charge is -2.20. The number of thiophene rings is 1. The number of halogens is 4. The van der Waals surface area contributed by atoms with Crippen molar-refractivity contribution in [1.82, 2.24) is 4.72 Å². The number of sulfonamides is 1. The second-order valence-electron chi connectivity index (χ2n) is 4.16. The van der Waals surface area contributed by atoms with E-state index in [4.69, 9.17) is 0 Å². The minimum absolute atomic E-state index is 0.102. The predicted octanol–water partition coefficient (Wildman–Crippen LogP) is 3.19. The van der Waals surface area contributed by atoms with Gasteiger partial charge in [0, 0.05) is 4.88 Å². The fourth-order valence-corrected chi connectivity index (χ4v) is 5.44. The van der Waals surface area contributed by atoms with Crippen molar-refractivity contribution < 1.29 is 21.6 Å². The largest absolute Gasteiger partial charge is 0.407 e. The van der Waals surface area contributed by atoms with Gasteiger partial charge in [-0.05, 0) is 41.8 Å². The number of aryl methyl sites for hydroxylation is 1. The topological polar surface area (TPSA) is 46.2 Å². The van der Waals surface area contributed by atoms with Crippen LogP contribution >= 0.6 is 27.3 Å². The van der Waals surface area contributed by atoms with Crippen molar-refractivity contribution in [2.45, 2.75) is 36.4 Å². The highest BCUT2D eigenvalue weighted by Gasteiger charge is 2.65. The molecule has 1 aromatic rings. The van der Waals surface area contributed by atoms with E-state index in [1.165, 1.54) is 17.4 Å². The van der Waals surface area contributed by atoms with Gasteiger partial charge in [-0.15, -0.1) is 11.3 Å². The highest BCUT2D eigenvalue weighted by molar-refractivity contribution is 9.11. The Morgan fingerprint density at radius 2 is 2.00 bits per heavy atom. The molecule has 1 N–H and O–H groups in total. The van der Waals surface area contributed by atoms with E-state index in [0.717, 1.165) is 0 Å². The summed E-state index contributed by atoms with van der Waals surface area (Å²) in [4.78, 5) is 0.349. The summed E-state index contributed by atoms with van der Waals surface area (Å²) in [5, 5.41) is 0. The molecule has 0 amide bonds. The van der Waals surface area contributed by atoms with Crippen LogP contribution in [0, 0.1) is 6.92 Å². The Hall–Kier alpha value is -0.120. The van der Waals surface area contributed by atoms with Crippen LogP contribution in [0.15, 0.2) is 14.7 Å². The van der Waals surface area contributed by atoms with Gasteiger partial charge in [-0.1, -0.05) is 0 Å². The number of rotatable bonds is 3. The summed E-state index contributed by atoms with van der Waals surface area (Å²) in [6.07, 6.45) is -4.97. The number of alkyl halides is 3. The molecule has 0 atom stereocenters. The van der Waals surface area contributed by atoms with Crippen LogP contribution < -0.4 is 4.72 Å². The van der Waals surface area contributed by atoms with E-state index in [1.54, 1.807) is 11.6 Å². The molecule has 0 aromatic carbocycles. The molecule has 2 rings (SSSR count). The summed E-state index contributed by atoms with van der Waals surface area (Å²) in [5.74, 6) is 0. The first-order chi connectivity index (χ1) is 8.07. The SMILES string of the molecule is Cc1sc(Br)cc1S(=O)(=O)NC1(C(F)(F)F)CC1. The molecule has 0 radical (unpaired) electrons. The quantitative estimate of drug-likeness (QED) is 0.896. The summed E-state index contributed by atoms with van der Waals surface area (Å²) in [6, 6.07) is 1.31. The average Bonchev–Trinajstić information content (AvgIpc) is 2.85. The number of nitrogens with one attached hydrogen (secondary N) is 1. The van der Waals surface area contributed by atoms with Crippen molar-refractivity contribution in [2.24, 2.45) is 0 Å². The van der Waals surface area contributed by atoms with Crippen molar-refractivity contribution in [1.29, 1.82) is 0 Å². The zero-order valence-electron chi connectivity index (χ0n) is 9.14. The lowest BCUT2D eigenvalue weighted by atomic mass is 10.3. The number of hydrogen-bond acceptors (Lipinski definition) is 3. The van der Waals surface area contributed by atoms with Crippen LogP contribution in [0.2, 0.25) is 0 Å². The van der Waals surface area contributed by atoms with E-state index in [2.05, 4.69) is 15.9 Å². The van der Waals surface area contributed by atoms with Gasteiger partial charge in [-0.25, -0.2) is 8.42 Å². The second kappa shape index (κ2) is 4.19. The molecule has 0 aliphatic heterocycles. The van der Waals surface area contributed by atoms with Crippen molar-refractivity contribution in [3.63, 3.8) is 0 Å². The Morgan fingerprint density at radius 3 is 2.33 bits per heavy atom. The van der Waals surface area contributed by atoms with Crippen LogP contribution in [-0.2, 0) is 10.0 Å². The molecule has 1 fully saturated rings. The summed E-state index contributed by atoms with van der Waals surface area (Å²) in [5.41, 5.74) is -2.27. The third-order valence-electron chi connectivity index (χ3n) is 2.75. The molecule has 0 bridgehead atoms. The van der Waals surface area contributed by atoms with E-state index in [0.29, 0.717) is 8.66 Å². The molecule has 0 unspecified atom stereocenters. The molecule has 0 spiro atoms. The van der Waals surface area contributed by atoms with Crippen molar-refractivity contribution in [2.75, 3.05) is 0 Å². The maximum atomic E-state index is 12.7. The third-order valence-corrected chi connectivity index (χ3v) is 6.10. The first kappa shape index (κ1) is 14.3. The van der Waals surface area contributed by atoms with Gasteiger partial charge in [0.15, 0.2) is 0 Å². The molecular weight excluding hydrogens is 355 g/mol. The molecule has 1 saturated carbocycles. The molecule has 9 heteroatoms. The normalized spacial score (nSPS) is 18.9. The Balaban J connectivity index is 2.32. The first-order valence-corrected chi connectivity index (χ1v) is 8.03. The summed E-state index contributed by atoms with van der Waals surface area (Å²) in [6.45, 7) is 1.55. The minimum Gasteiger partial charge on any atom is -0.207 e. The van der Waals surface area contributed by atoms with Gasteiger partial charge < -0.3 is 0 Å². The summed E-state index contributed by atoms with van der Waals surface area (Å²) < 4.78 is 64.4. The zero-order chi connectivity index (χ0) is 13.8. The Bertz CT molecular complexity index is 575. The van der Waals surface area contributed by atoms with E-state index in [-0.39, 0.29) is 17.7 Å². The van der Waals surface area contributed by atoms with Gasteiger partial charge in [-0.3, -0.25) is 0 Å². The Labute approximate surface area is 115 Å². The lowest BCUT2D eigenvalue weighted by Crippen LogP contribution is -2.47. The average molecular weight is 364 g/mol. The second-order valence-corrected chi connectivity index (χ2v) is 8.44. The molecule has 1 aliphatic carbocycles. The molecule has 18 heavy (non-hydrogen) atoms. The fourth-order valence-electron chi connectivity index (χ4n) is 1.58. The van der Waals surface area contributed by atoms with Crippen LogP contribution in [0.4, 0.5) is 13.2 Å². The highest BCUT2D eigenvalue weighted by Crippen LogP contribution is 2.50. The van der Waals surface area contributed by atoms with Crippen molar-refractivity contribution >= 4 is 37.3 Å². The molecule has 3 nitrogen and oxygen atoms in total. The van der Waals surface area contributed by atoms with Gasteiger partial charge >= 0.3 is 6.18 Å².